The van der Waals surface area contributed by atoms with Crippen LogP contribution in [0.3, 0.4) is 0 Å². The molecule has 6 bridgehead atoms. The number of nitrogens with zero attached hydrogens (tertiary/aromatic N) is 6. The third-order valence-corrected chi connectivity index (χ3v) is 12.0. The second kappa shape index (κ2) is 21.2. The molecule has 4 aromatic rings. The number of esters is 1. The van der Waals surface area contributed by atoms with Gasteiger partial charge in [-0.1, -0.05) is 19.9 Å². The van der Waals surface area contributed by atoms with Crippen LogP contribution in [-0.2, 0) is 38.4 Å². The Labute approximate surface area is 380 Å². The maximum atomic E-state index is 14.2. The normalized spacial score (nSPS) is 20.8. The van der Waals surface area contributed by atoms with Crippen molar-refractivity contribution in [3.63, 3.8) is 0 Å². The number of fused-ring (bicyclic) bond motifs is 6. The molecule has 2 fully saturated rings. The molecule has 3 aliphatic rings. The summed E-state index contributed by atoms with van der Waals surface area (Å²) in [4.78, 5) is 55.3. The highest BCUT2D eigenvalue weighted by molar-refractivity contribution is 7.59. The van der Waals surface area contributed by atoms with Crippen molar-refractivity contribution in [1.29, 1.82) is 0 Å². The lowest BCUT2D eigenvalue weighted by atomic mass is 9.84. The molecule has 0 aliphatic carbocycles. The quantitative estimate of drug-likeness (QED) is 0.218. The topological polar surface area (TPSA) is 134 Å². The van der Waals surface area contributed by atoms with Gasteiger partial charge in [-0.25, -0.2) is 15.2 Å². The van der Waals surface area contributed by atoms with Gasteiger partial charge in [0.2, 0.25) is 0 Å². The van der Waals surface area contributed by atoms with E-state index in [1.807, 2.05) is 32.5 Å². The third kappa shape index (κ3) is 10.7. The molecule has 0 saturated carbocycles. The monoisotopic (exact) mass is 906 g/mol. The molecule has 18 heteroatoms. The number of nitrogens with one attached hydrogen (secondary N) is 2. The minimum absolute atomic E-state index is 0. The van der Waals surface area contributed by atoms with Crippen molar-refractivity contribution in [3.05, 3.63) is 58.2 Å². The van der Waals surface area contributed by atoms with Gasteiger partial charge in [-0.15, -0.1) is 11.3 Å². The molecule has 0 spiro atoms. The van der Waals surface area contributed by atoms with Crippen LogP contribution in [0.25, 0.3) is 33.4 Å². The lowest BCUT2D eigenvalue weighted by molar-refractivity contribution is -0.155. The van der Waals surface area contributed by atoms with Crippen molar-refractivity contribution >= 4 is 94.1 Å². The van der Waals surface area contributed by atoms with Gasteiger partial charge in [-0.05, 0) is 83.5 Å². The summed E-state index contributed by atoms with van der Waals surface area (Å²) in [5, 5.41) is 8.40. The van der Waals surface area contributed by atoms with Crippen molar-refractivity contribution in [3.8, 4) is 22.5 Å². The van der Waals surface area contributed by atoms with E-state index in [9.17, 15) is 14.4 Å². The molecule has 1 aromatic carbocycles. The number of amides is 3. The number of thiazole rings is 1. The molecule has 7 rings (SSSR count). The molecule has 326 valence electrons. The van der Waals surface area contributed by atoms with Crippen molar-refractivity contribution in [2.45, 2.75) is 90.6 Å². The summed E-state index contributed by atoms with van der Waals surface area (Å²) < 4.78 is 14.2. The van der Waals surface area contributed by atoms with Crippen LogP contribution in [0.2, 0.25) is 0 Å². The second-order valence-corrected chi connectivity index (χ2v) is 17.1. The van der Waals surface area contributed by atoms with Crippen LogP contribution in [0.1, 0.15) is 69.3 Å². The van der Waals surface area contributed by atoms with Gasteiger partial charge < -0.3 is 29.2 Å². The molecular formula is C41H62N8O5S5. The second-order valence-electron chi connectivity index (χ2n) is 16.1. The first kappa shape index (κ1) is 50.4. The molecule has 2 saturated heterocycles. The van der Waals surface area contributed by atoms with Gasteiger partial charge in [0, 0.05) is 84.8 Å². The van der Waals surface area contributed by atoms with Gasteiger partial charge >= 0.3 is 12.0 Å². The van der Waals surface area contributed by atoms with Crippen LogP contribution in [0, 0.1) is 5.41 Å². The van der Waals surface area contributed by atoms with Gasteiger partial charge in [-0.2, -0.15) is 54.0 Å². The number of carbonyl (C=O) groups is 3. The van der Waals surface area contributed by atoms with Gasteiger partial charge in [0.25, 0.3) is 5.91 Å². The lowest BCUT2D eigenvalue weighted by Crippen LogP contribution is -2.63. The number of methoxy groups -OCH3 is 1. The highest BCUT2D eigenvalue weighted by Crippen LogP contribution is 2.42. The van der Waals surface area contributed by atoms with Gasteiger partial charge in [0.1, 0.15) is 12.1 Å². The molecule has 3 aliphatic heterocycles. The Morgan fingerprint density at radius 3 is 2.58 bits per heavy atom. The molecular weight excluding hydrogens is 845 g/mol. The fourth-order valence-electron chi connectivity index (χ4n) is 8.12. The molecule has 0 unspecified atom stereocenters. The summed E-state index contributed by atoms with van der Waals surface area (Å²) in [7, 11) is 5.68. The Hall–Kier alpha value is -2.97. The Morgan fingerprint density at radius 1 is 1.14 bits per heavy atom. The molecule has 13 nitrogen and oxygen atoms in total. The fourth-order valence-corrected chi connectivity index (χ4v) is 8.97. The molecule has 4 atom stereocenters. The van der Waals surface area contributed by atoms with E-state index in [0.29, 0.717) is 32.4 Å². The summed E-state index contributed by atoms with van der Waals surface area (Å²) in [5.41, 5.74) is 9.65. The summed E-state index contributed by atoms with van der Waals surface area (Å²) in [6.07, 6.45) is 4.49. The number of hydrazine groups is 1. The number of benzene rings is 1. The van der Waals surface area contributed by atoms with E-state index in [4.69, 9.17) is 19.4 Å². The zero-order valence-corrected chi connectivity index (χ0v) is 39.9. The zero-order chi connectivity index (χ0) is 39.0. The highest BCUT2D eigenvalue weighted by Gasteiger charge is 2.38. The lowest BCUT2D eigenvalue weighted by Gasteiger charge is -2.43. The van der Waals surface area contributed by atoms with Crippen LogP contribution in [0.4, 0.5) is 4.79 Å². The average molecular weight is 907 g/mol. The van der Waals surface area contributed by atoms with E-state index >= 15 is 0 Å². The fraction of sp³-hybridized carbons (Fsp3) is 0.537. The van der Waals surface area contributed by atoms with Crippen molar-refractivity contribution in [2.75, 3.05) is 47.4 Å². The van der Waals surface area contributed by atoms with Crippen LogP contribution < -0.4 is 10.7 Å². The Morgan fingerprint density at radius 2 is 1.90 bits per heavy atom. The predicted octanol–water partition coefficient (Wildman–Crippen LogP) is 5.88. The summed E-state index contributed by atoms with van der Waals surface area (Å²) in [5.74, 6) is -0.698. The van der Waals surface area contributed by atoms with Crippen LogP contribution in [0.5, 0.6) is 0 Å². The number of rotatable bonds is 7. The number of ether oxygens (including phenoxy) is 2. The number of aromatic nitrogens is 3. The minimum Gasteiger partial charge on any atom is -0.464 e. The number of hydrogen-bond acceptors (Lipinski definition) is 10. The number of hydrogen-bond donors (Lipinski definition) is 2. The van der Waals surface area contributed by atoms with Crippen molar-refractivity contribution < 1.29 is 23.9 Å². The predicted molar refractivity (Wildman–Crippen MR) is 255 cm³/mol. The summed E-state index contributed by atoms with van der Waals surface area (Å²) in [6, 6.07) is 8.79. The Kier molecular flexibility index (Phi) is 18.1. The van der Waals surface area contributed by atoms with E-state index < -0.39 is 23.5 Å². The zero-order valence-electron chi connectivity index (χ0n) is 35.1. The largest absolute Gasteiger partial charge is 0.464 e. The number of likely N-dealkylation sites (N-methyl/N-ethyl adjacent to an activating group) is 1. The average Bonchev–Trinajstić information content (AvgIpc) is 3.76. The first-order chi connectivity index (χ1) is 26.4. The van der Waals surface area contributed by atoms with Crippen LogP contribution in [0.15, 0.2) is 41.9 Å². The number of carbonyl (C=O) groups excluding carboxylic acids is 3. The number of pyridine rings is 1. The first-order valence-electron chi connectivity index (χ1n) is 19.4. The third-order valence-electron chi connectivity index (χ3n) is 11.1. The smallest absolute Gasteiger partial charge is 0.324 e. The molecule has 3 aromatic heterocycles. The Bertz CT molecular complexity index is 2080. The van der Waals surface area contributed by atoms with Crippen LogP contribution in [-0.4, -0.2) is 113 Å². The van der Waals surface area contributed by atoms with E-state index in [2.05, 4.69) is 65.2 Å². The standard InChI is InChI=1S/C41H54N8O5S.4H2S/c1-8-47-34-14-13-26-19-29(34)30(37(47)28-11-9-16-42-36(28)25(2)53-7)21-41(3,4)24-54-39(51)31-12-10-17-49(45-31)38(50)32(20-35-43-33(26)23-55-35)44-40(52)48-18-15-27(48)22-46(5)6;;;;/h9,11,13-14,16,19,23,25,27,31-32,45H,8,10,12,15,17-18,20-22,24H2,1-7H3,(H,44,52);4*1H2/t25-,27-,31-,32-;;;;/m0..../s1. The molecule has 6 heterocycles. The maximum absolute atomic E-state index is 14.2. The van der Waals surface area contributed by atoms with E-state index in [1.54, 1.807) is 18.2 Å². The van der Waals surface area contributed by atoms with E-state index in [1.165, 1.54) is 16.3 Å². The van der Waals surface area contributed by atoms with Crippen molar-refractivity contribution in [1.82, 2.24) is 40.1 Å². The minimum atomic E-state index is -0.884. The highest BCUT2D eigenvalue weighted by atomic mass is 32.1. The molecule has 2 N–H and O–H groups in total. The Balaban J connectivity index is 0.00000233. The molecule has 0 radical (unpaired) electrons. The number of urea groups is 1. The SMILES string of the molecule is CCn1c(-c2cccnc2[C@H](C)OC)c2c3cc(ccc31)-c1csc(n1)C[C@H](NC(=O)N1CC[C@H]1CN(C)C)C(=O)N1CCC[C@H](N1)C(=O)OCC(C)(C)C2.S.S.S.S. The number of cyclic esters (lactones) is 1. The summed E-state index contributed by atoms with van der Waals surface area (Å²) in [6.45, 7) is 11.1. The first-order valence-corrected chi connectivity index (χ1v) is 20.3. The van der Waals surface area contributed by atoms with Gasteiger partial charge in [0.15, 0.2) is 0 Å². The van der Waals surface area contributed by atoms with Crippen LogP contribution >= 0.6 is 65.3 Å². The maximum Gasteiger partial charge on any atom is 0.324 e. The molecule has 59 heavy (non-hydrogen) atoms. The van der Waals surface area contributed by atoms with E-state index in [0.717, 1.165) is 69.2 Å². The number of likely N-dealkylation sites (tertiary alicyclic amines) is 1. The van der Waals surface area contributed by atoms with E-state index in [-0.39, 0.29) is 91.1 Å². The van der Waals surface area contributed by atoms with Gasteiger partial charge in [-0.3, -0.25) is 19.6 Å². The molecule has 3 amide bonds. The van der Waals surface area contributed by atoms with Gasteiger partial charge in [0.05, 0.1) is 34.8 Å². The van der Waals surface area contributed by atoms with Crippen molar-refractivity contribution in [2.24, 2.45) is 5.41 Å². The summed E-state index contributed by atoms with van der Waals surface area (Å²) >= 11 is 1.48. The number of aryl methyl sites for hydroxylation is 1.